The summed E-state index contributed by atoms with van der Waals surface area (Å²) >= 11 is 0. The van der Waals surface area contributed by atoms with Crippen molar-refractivity contribution >= 4 is 10.0 Å². The molecule has 0 bridgehead atoms. The Morgan fingerprint density at radius 1 is 1.47 bits per heavy atom. The lowest BCUT2D eigenvalue weighted by atomic mass is 10.4. The van der Waals surface area contributed by atoms with E-state index in [0.29, 0.717) is 13.1 Å². The van der Waals surface area contributed by atoms with Gasteiger partial charge in [0, 0.05) is 25.5 Å². The molecule has 0 aromatic carbocycles. The van der Waals surface area contributed by atoms with Crippen LogP contribution in [-0.4, -0.2) is 37.3 Å². The molecule has 0 saturated carbocycles. The van der Waals surface area contributed by atoms with E-state index in [4.69, 9.17) is 0 Å². The summed E-state index contributed by atoms with van der Waals surface area (Å²) in [7, 11) is -1.70. The zero-order valence-electron chi connectivity index (χ0n) is 10.3. The second-order valence-electron chi connectivity index (χ2n) is 3.74. The van der Waals surface area contributed by atoms with Gasteiger partial charge in [0.05, 0.1) is 12.3 Å². The molecule has 0 aliphatic heterocycles. The van der Waals surface area contributed by atoms with Crippen LogP contribution in [0.2, 0.25) is 0 Å². The fourth-order valence-corrected chi connectivity index (χ4v) is 2.08. The molecule has 0 aliphatic carbocycles. The molecule has 0 saturated heterocycles. The van der Waals surface area contributed by atoms with Crippen molar-refractivity contribution in [3.63, 3.8) is 0 Å². The highest BCUT2D eigenvalue weighted by Gasteiger charge is 2.06. The fraction of sp³-hybridized carbons (Fsp3) is 0.700. The third-order valence-electron chi connectivity index (χ3n) is 2.41. The molecule has 0 radical (unpaired) electrons. The van der Waals surface area contributed by atoms with Crippen LogP contribution >= 0.6 is 0 Å². The monoisotopic (exact) mass is 260 g/mol. The molecule has 0 amide bonds. The highest BCUT2D eigenvalue weighted by molar-refractivity contribution is 7.89. The minimum atomic E-state index is -3.12. The van der Waals surface area contributed by atoms with Crippen molar-refractivity contribution in [1.29, 1.82) is 0 Å². The van der Waals surface area contributed by atoms with Crippen molar-refractivity contribution in [3.05, 3.63) is 18.2 Å². The Labute approximate surface area is 102 Å². The Hall–Kier alpha value is -0.920. The van der Waals surface area contributed by atoms with Gasteiger partial charge in [-0.3, -0.25) is 0 Å². The molecule has 0 unspecified atom stereocenters. The normalized spacial score (nSPS) is 11.9. The molecule has 0 aliphatic rings. The van der Waals surface area contributed by atoms with Gasteiger partial charge in [-0.1, -0.05) is 6.92 Å². The summed E-state index contributed by atoms with van der Waals surface area (Å²) in [6.07, 6.45) is 4.75. The predicted molar refractivity (Wildman–Crippen MR) is 67.1 cm³/mol. The van der Waals surface area contributed by atoms with Crippen LogP contribution in [-0.2, 0) is 23.1 Å². The first kappa shape index (κ1) is 14.1. The van der Waals surface area contributed by atoms with E-state index in [2.05, 4.69) is 26.5 Å². The SMILES string of the molecule is CCCn1ccnc1CNCCS(=O)(=O)NC. The topological polar surface area (TPSA) is 76.0 Å². The number of rotatable bonds is 8. The first-order valence-electron chi connectivity index (χ1n) is 5.71. The molecule has 0 atom stereocenters. The Balaban J connectivity index is 2.33. The average molecular weight is 260 g/mol. The molecule has 2 N–H and O–H groups in total. The van der Waals surface area contributed by atoms with E-state index in [1.54, 1.807) is 6.20 Å². The molecule has 1 aromatic heterocycles. The van der Waals surface area contributed by atoms with Crippen molar-refractivity contribution in [3.8, 4) is 0 Å². The number of nitrogens with zero attached hydrogens (tertiary/aromatic N) is 2. The lowest BCUT2D eigenvalue weighted by Crippen LogP contribution is -2.30. The van der Waals surface area contributed by atoms with Crippen molar-refractivity contribution in [2.24, 2.45) is 0 Å². The van der Waals surface area contributed by atoms with Gasteiger partial charge in [0.15, 0.2) is 0 Å². The van der Waals surface area contributed by atoms with E-state index in [1.165, 1.54) is 7.05 Å². The van der Waals surface area contributed by atoms with Crippen molar-refractivity contribution in [2.45, 2.75) is 26.4 Å². The molecule has 1 heterocycles. The van der Waals surface area contributed by atoms with Gasteiger partial charge in [-0.2, -0.15) is 0 Å². The number of aromatic nitrogens is 2. The van der Waals surface area contributed by atoms with Crippen LogP contribution in [0.4, 0.5) is 0 Å². The molecule has 1 aromatic rings. The molecule has 7 heteroatoms. The summed E-state index contributed by atoms with van der Waals surface area (Å²) in [4.78, 5) is 4.22. The number of nitrogens with one attached hydrogen (secondary N) is 2. The van der Waals surface area contributed by atoms with Crippen LogP contribution in [0.5, 0.6) is 0 Å². The van der Waals surface area contributed by atoms with Gasteiger partial charge in [0.1, 0.15) is 5.82 Å². The maximum Gasteiger partial charge on any atom is 0.212 e. The lowest BCUT2D eigenvalue weighted by molar-refractivity contribution is 0.574. The quantitative estimate of drug-likeness (QED) is 0.642. The predicted octanol–water partition coefficient (Wildman–Crippen LogP) is -0.0681. The van der Waals surface area contributed by atoms with Crippen molar-refractivity contribution in [2.75, 3.05) is 19.3 Å². The van der Waals surface area contributed by atoms with Crippen LogP contribution in [0.15, 0.2) is 12.4 Å². The highest BCUT2D eigenvalue weighted by atomic mass is 32.2. The first-order chi connectivity index (χ1) is 8.09. The second kappa shape index (κ2) is 6.73. The third kappa shape index (κ3) is 4.84. The smallest absolute Gasteiger partial charge is 0.212 e. The summed E-state index contributed by atoms with van der Waals surface area (Å²) in [5, 5.41) is 3.07. The Morgan fingerprint density at radius 2 is 2.24 bits per heavy atom. The summed E-state index contributed by atoms with van der Waals surface area (Å²) in [6, 6.07) is 0. The van der Waals surface area contributed by atoms with Gasteiger partial charge < -0.3 is 9.88 Å². The number of imidazole rings is 1. The van der Waals surface area contributed by atoms with Gasteiger partial charge in [-0.05, 0) is 13.5 Å². The van der Waals surface area contributed by atoms with Gasteiger partial charge in [-0.25, -0.2) is 18.1 Å². The number of aryl methyl sites for hydroxylation is 1. The molecule has 17 heavy (non-hydrogen) atoms. The standard InChI is InChI=1S/C10H20N4O2S/c1-3-6-14-7-4-13-10(14)9-12-5-8-17(15,16)11-2/h4,7,11-12H,3,5-6,8-9H2,1-2H3. The average Bonchev–Trinajstić information content (AvgIpc) is 2.73. The van der Waals surface area contributed by atoms with E-state index in [0.717, 1.165) is 18.8 Å². The number of sulfonamides is 1. The summed E-state index contributed by atoms with van der Waals surface area (Å²) in [5.41, 5.74) is 0. The van der Waals surface area contributed by atoms with Crippen molar-refractivity contribution in [1.82, 2.24) is 19.6 Å². The molecule has 98 valence electrons. The molecule has 0 fully saturated rings. The molecular formula is C10H20N4O2S. The summed E-state index contributed by atoms with van der Waals surface area (Å²) in [5.74, 6) is 1.02. The first-order valence-corrected chi connectivity index (χ1v) is 7.36. The van der Waals surface area contributed by atoms with Gasteiger partial charge in [0.2, 0.25) is 10.0 Å². The van der Waals surface area contributed by atoms with Crippen LogP contribution in [0.25, 0.3) is 0 Å². The maximum absolute atomic E-state index is 11.2. The highest BCUT2D eigenvalue weighted by Crippen LogP contribution is 1.98. The van der Waals surface area contributed by atoms with Gasteiger partial charge in [0.25, 0.3) is 0 Å². The number of hydrogen-bond acceptors (Lipinski definition) is 4. The van der Waals surface area contributed by atoms with Crippen LogP contribution in [0.1, 0.15) is 19.2 Å². The minimum Gasteiger partial charge on any atom is -0.334 e. The van der Waals surface area contributed by atoms with E-state index in [9.17, 15) is 8.42 Å². The summed E-state index contributed by atoms with van der Waals surface area (Å²) < 4.78 is 26.7. The zero-order valence-corrected chi connectivity index (χ0v) is 11.1. The van der Waals surface area contributed by atoms with E-state index < -0.39 is 10.0 Å². The zero-order chi connectivity index (χ0) is 12.7. The van der Waals surface area contributed by atoms with E-state index in [-0.39, 0.29) is 5.75 Å². The van der Waals surface area contributed by atoms with Gasteiger partial charge in [-0.15, -0.1) is 0 Å². The second-order valence-corrected chi connectivity index (χ2v) is 5.78. The lowest BCUT2D eigenvalue weighted by Gasteiger charge is -2.07. The molecule has 0 spiro atoms. The van der Waals surface area contributed by atoms with Crippen LogP contribution < -0.4 is 10.0 Å². The maximum atomic E-state index is 11.2. The minimum absolute atomic E-state index is 0.0813. The Bertz CT molecular complexity index is 427. The van der Waals surface area contributed by atoms with Crippen LogP contribution in [0.3, 0.4) is 0 Å². The Kier molecular flexibility index (Phi) is 5.60. The van der Waals surface area contributed by atoms with Gasteiger partial charge >= 0.3 is 0 Å². The van der Waals surface area contributed by atoms with E-state index in [1.807, 2.05) is 6.20 Å². The van der Waals surface area contributed by atoms with E-state index >= 15 is 0 Å². The Morgan fingerprint density at radius 3 is 2.88 bits per heavy atom. The fourth-order valence-electron chi connectivity index (χ4n) is 1.46. The third-order valence-corrected chi connectivity index (χ3v) is 3.77. The molecule has 1 rings (SSSR count). The molecular weight excluding hydrogens is 240 g/mol. The van der Waals surface area contributed by atoms with Crippen molar-refractivity contribution < 1.29 is 8.42 Å². The number of hydrogen-bond donors (Lipinski definition) is 2. The summed E-state index contributed by atoms with van der Waals surface area (Å²) in [6.45, 7) is 4.05. The largest absolute Gasteiger partial charge is 0.334 e. The van der Waals surface area contributed by atoms with Crippen LogP contribution in [0, 0.1) is 0 Å². The molecule has 6 nitrogen and oxygen atoms in total.